The number of piperazine rings is 1. The number of rotatable bonds is 3. The first-order chi connectivity index (χ1) is 13.5. The second kappa shape index (κ2) is 6.43. The Morgan fingerprint density at radius 1 is 0.929 bits per heavy atom. The molecule has 7 heteroatoms. The molecular formula is C21H22FN3O3. The predicted octanol–water partition coefficient (Wildman–Crippen LogP) is 1.28. The molecule has 1 aromatic carbocycles. The number of fused-ring (bicyclic) bond motifs is 5. The van der Waals surface area contributed by atoms with Crippen LogP contribution in [0.15, 0.2) is 36.4 Å². The van der Waals surface area contributed by atoms with E-state index in [1.807, 2.05) is 0 Å². The molecule has 0 spiro atoms. The van der Waals surface area contributed by atoms with Gasteiger partial charge in [-0.1, -0.05) is 12.2 Å². The molecule has 3 fully saturated rings. The lowest BCUT2D eigenvalue weighted by Crippen LogP contribution is -2.52. The van der Waals surface area contributed by atoms with Crippen molar-refractivity contribution in [2.45, 2.75) is 6.42 Å². The highest BCUT2D eigenvalue weighted by molar-refractivity contribution is 6.08. The van der Waals surface area contributed by atoms with E-state index in [0.29, 0.717) is 26.2 Å². The monoisotopic (exact) mass is 383 g/mol. The first-order valence-electron chi connectivity index (χ1n) is 9.85. The van der Waals surface area contributed by atoms with Gasteiger partial charge in [0.15, 0.2) is 0 Å². The second-order valence-corrected chi connectivity index (χ2v) is 8.11. The minimum Gasteiger partial charge on any atom is -0.368 e. The van der Waals surface area contributed by atoms with Crippen LogP contribution in [0.2, 0.25) is 0 Å². The number of hydrogen-bond acceptors (Lipinski definition) is 4. The van der Waals surface area contributed by atoms with Crippen LogP contribution in [0.1, 0.15) is 6.42 Å². The first kappa shape index (κ1) is 17.4. The molecule has 2 aliphatic carbocycles. The minimum atomic E-state index is -0.272. The topological polar surface area (TPSA) is 60.9 Å². The second-order valence-electron chi connectivity index (χ2n) is 8.11. The molecule has 2 bridgehead atoms. The van der Waals surface area contributed by atoms with Gasteiger partial charge in [-0.25, -0.2) is 4.39 Å². The molecule has 4 atom stereocenters. The molecule has 5 rings (SSSR count). The van der Waals surface area contributed by atoms with Crippen molar-refractivity contribution >= 4 is 23.4 Å². The van der Waals surface area contributed by atoms with Crippen LogP contribution in [0.25, 0.3) is 0 Å². The molecule has 28 heavy (non-hydrogen) atoms. The summed E-state index contributed by atoms with van der Waals surface area (Å²) in [5.74, 6) is -1.00. The van der Waals surface area contributed by atoms with Crippen molar-refractivity contribution in [1.82, 2.24) is 9.80 Å². The Labute approximate surface area is 162 Å². The first-order valence-corrected chi connectivity index (χ1v) is 9.85. The number of imide groups is 1. The number of anilines is 1. The number of carbonyl (C=O) groups excluding carboxylic acids is 3. The van der Waals surface area contributed by atoms with E-state index in [4.69, 9.17) is 0 Å². The Kier molecular flexibility index (Phi) is 4.00. The summed E-state index contributed by atoms with van der Waals surface area (Å²) in [7, 11) is 0. The number of carbonyl (C=O) groups is 3. The molecule has 2 saturated heterocycles. The Balaban J connectivity index is 1.20. The summed E-state index contributed by atoms with van der Waals surface area (Å²) in [5, 5.41) is 0. The van der Waals surface area contributed by atoms with Crippen molar-refractivity contribution in [3.63, 3.8) is 0 Å². The zero-order valence-electron chi connectivity index (χ0n) is 15.5. The smallest absolute Gasteiger partial charge is 0.242 e. The summed E-state index contributed by atoms with van der Waals surface area (Å²) in [6.07, 6.45) is 4.99. The van der Waals surface area contributed by atoms with Crippen LogP contribution in [0, 0.1) is 29.5 Å². The van der Waals surface area contributed by atoms with Gasteiger partial charge < -0.3 is 9.80 Å². The van der Waals surface area contributed by atoms with Crippen molar-refractivity contribution in [3.05, 3.63) is 42.2 Å². The van der Waals surface area contributed by atoms with Crippen molar-refractivity contribution in [2.24, 2.45) is 23.7 Å². The number of nitrogens with zero attached hydrogens (tertiary/aromatic N) is 3. The van der Waals surface area contributed by atoms with Gasteiger partial charge in [-0.2, -0.15) is 0 Å². The van der Waals surface area contributed by atoms with Crippen LogP contribution in [0.4, 0.5) is 10.1 Å². The van der Waals surface area contributed by atoms with Crippen molar-refractivity contribution in [3.8, 4) is 0 Å². The zero-order valence-corrected chi connectivity index (χ0v) is 15.5. The highest BCUT2D eigenvalue weighted by Gasteiger charge is 2.59. The molecule has 3 amide bonds. The standard InChI is InChI=1S/C21H22FN3O3/c22-15-3-5-16(6-4-15)23-7-9-24(10-8-23)17(26)12-25-20(27)18-13-1-2-14(11-13)19(18)21(25)28/h1-6,13-14,18-19H,7-12H2/t13-,14-,18+,19+/m0/s1. The van der Waals surface area contributed by atoms with Gasteiger partial charge in [-0.3, -0.25) is 19.3 Å². The fourth-order valence-electron chi connectivity index (χ4n) is 5.22. The third kappa shape index (κ3) is 2.64. The van der Waals surface area contributed by atoms with Gasteiger partial charge in [0, 0.05) is 31.9 Å². The number of amides is 3. The zero-order chi connectivity index (χ0) is 19.4. The van der Waals surface area contributed by atoms with Crippen LogP contribution < -0.4 is 4.90 Å². The molecule has 146 valence electrons. The third-order valence-electron chi connectivity index (χ3n) is 6.68. The van der Waals surface area contributed by atoms with Gasteiger partial charge in [0.1, 0.15) is 12.4 Å². The van der Waals surface area contributed by atoms with E-state index < -0.39 is 0 Å². The van der Waals surface area contributed by atoms with Crippen LogP contribution >= 0.6 is 0 Å². The molecule has 0 aromatic heterocycles. The normalized spacial score (nSPS) is 31.1. The predicted molar refractivity (Wildman–Crippen MR) is 99.6 cm³/mol. The number of hydrogen-bond donors (Lipinski definition) is 0. The molecule has 2 heterocycles. The maximum atomic E-state index is 13.1. The highest BCUT2D eigenvalue weighted by atomic mass is 19.1. The van der Waals surface area contributed by atoms with E-state index in [1.54, 1.807) is 17.0 Å². The maximum Gasteiger partial charge on any atom is 0.242 e. The lowest BCUT2D eigenvalue weighted by Gasteiger charge is -2.36. The van der Waals surface area contributed by atoms with Crippen LogP contribution in [0.5, 0.6) is 0 Å². The summed E-state index contributed by atoms with van der Waals surface area (Å²) in [4.78, 5) is 43.2. The lowest BCUT2D eigenvalue weighted by atomic mass is 9.85. The van der Waals surface area contributed by atoms with E-state index in [1.165, 1.54) is 17.0 Å². The van der Waals surface area contributed by atoms with Crippen molar-refractivity contribution in [1.29, 1.82) is 0 Å². The Bertz CT molecular complexity index is 830. The number of likely N-dealkylation sites (tertiary alicyclic amines) is 1. The van der Waals surface area contributed by atoms with Gasteiger partial charge in [0.25, 0.3) is 0 Å². The van der Waals surface area contributed by atoms with Crippen LogP contribution in [-0.4, -0.2) is 60.2 Å². The number of allylic oxidation sites excluding steroid dienone is 2. The van der Waals surface area contributed by atoms with Gasteiger partial charge >= 0.3 is 0 Å². The van der Waals surface area contributed by atoms with E-state index in [-0.39, 0.29) is 53.8 Å². The molecule has 0 N–H and O–H groups in total. The summed E-state index contributed by atoms with van der Waals surface area (Å²) in [6, 6.07) is 6.32. The Morgan fingerprint density at radius 3 is 2.07 bits per heavy atom. The van der Waals surface area contributed by atoms with E-state index >= 15 is 0 Å². The fourth-order valence-corrected chi connectivity index (χ4v) is 5.22. The van der Waals surface area contributed by atoms with E-state index in [0.717, 1.165) is 12.1 Å². The lowest BCUT2D eigenvalue weighted by molar-refractivity contribution is -0.147. The molecule has 6 nitrogen and oxygen atoms in total. The Hall–Kier alpha value is -2.70. The minimum absolute atomic E-state index is 0.152. The summed E-state index contributed by atoms with van der Waals surface area (Å²) < 4.78 is 13.1. The maximum absolute atomic E-state index is 13.1. The van der Waals surface area contributed by atoms with Crippen molar-refractivity contribution in [2.75, 3.05) is 37.6 Å². The molecule has 2 aliphatic heterocycles. The quantitative estimate of drug-likeness (QED) is 0.583. The largest absolute Gasteiger partial charge is 0.368 e. The summed E-state index contributed by atoms with van der Waals surface area (Å²) >= 11 is 0. The SMILES string of the molecule is O=C(CN1C(=O)[C@H]2[C@H](C1=O)[C@H]1C=C[C@H]2C1)N1CCN(c2ccc(F)cc2)CC1. The summed E-state index contributed by atoms with van der Waals surface area (Å²) in [5.41, 5.74) is 0.925. The molecule has 4 aliphatic rings. The summed E-state index contributed by atoms with van der Waals surface area (Å²) in [6.45, 7) is 2.16. The average Bonchev–Trinajstić information content (AvgIpc) is 3.39. The van der Waals surface area contributed by atoms with E-state index in [9.17, 15) is 18.8 Å². The fraction of sp³-hybridized carbons (Fsp3) is 0.476. The Morgan fingerprint density at radius 2 is 1.50 bits per heavy atom. The molecule has 1 aromatic rings. The van der Waals surface area contributed by atoms with Gasteiger partial charge in [-0.15, -0.1) is 0 Å². The van der Waals surface area contributed by atoms with Gasteiger partial charge in [0.05, 0.1) is 11.8 Å². The van der Waals surface area contributed by atoms with Crippen molar-refractivity contribution < 1.29 is 18.8 Å². The van der Waals surface area contributed by atoms with Crippen LogP contribution in [-0.2, 0) is 14.4 Å². The van der Waals surface area contributed by atoms with Gasteiger partial charge in [-0.05, 0) is 42.5 Å². The molecule has 0 unspecified atom stereocenters. The third-order valence-corrected chi connectivity index (χ3v) is 6.68. The molecule has 0 radical (unpaired) electrons. The highest BCUT2D eigenvalue weighted by Crippen LogP contribution is 2.52. The van der Waals surface area contributed by atoms with Gasteiger partial charge in [0.2, 0.25) is 17.7 Å². The number of benzene rings is 1. The molecule has 1 saturated carbocycles. The van der Waals surface area contributed by atoms with E-state index in [2.05, 4.69) is 17.1 Å². The average molecular weight is 383 g/mol. The van der Waals surface area contributed by atoms with Crippen LogP contribution in [0.3, 0.4) is 0 Å². The molecular weight excluding hydrogens is 361 g/mol. The number of halogens is 1.